The first kappa shape index (κ1) is 25.6. The molecule has 5 aliphatic rings. The molecule has 2 amide bonds. The Bertz CT molecular complexity index is 1030. The summed E-state index contributed by atoms with van der Waals surface area (Å²) >= 11 is 6.81. The fourth-order valence-corrected chi connectivity index (χ4v) is 8.45. The Kier molecular flexibility index (Phi) is 7.63. The van der Waals surface area contributed by atoms with Gasteiger partial charge in [0, 0.05) is 18.5 Å². The van der Waals surface area contributed by atoms with E-state index in [1.54, 1.807) is 19.1 Å². The maximum absolute atomic E-state index is 13.0. The summed E-state index contributed by atoms with van der Waals surface area (Å²) in [7, 11) is 3.19. The predicted octanol–water partition coefficient (Wildman–Crippen LogP) is 5.55. The average Bonchev–Trinajstić information content (AvgIpc) is 3.09. The van der Waals surface area contributed by atoms with E-state index in [1.807, 2.05) is 24.3 Å². The Hall–Kier alpha value is -2.06. The standard InChI is InChI=1S/C28H36N2O4S2/c1-33-22-8-7-18(13-23(22)34-2)14-24-26(32)30(27(35)36-24)9-5-3-4-6-25(31)29-28-15-19-10-20(16-28)12-21(11-19)17-28/h7-8,13-14,19-21H,3-6,9-12,15-17H2,1-2H3,(H,29,31)/b24-14-. The van der Waals surface area contributed by atoms with Crippen LogP contribution in [-0.2, 0) is 9.59 Å². The lowest BCUT2D eigenvalue weighted by Gasteiger charge is -2.56. The van der Waals surface area contributed by atoms with Gasteiger partial charge in [0.05, 0.1) is 19.1 Å². The van der Waals surface area contributed by atoms with Gasteiger partial charge in [0.1, 0.15) is 4.32 Å². The fourth-order valence-electron chi connectivity index (χ4n) is 7.14. The molecule has 4 saturated carbocycles. The number of hydrogen-bond donors (Lipinski definition) is 1. The molecule has 0 radical (unpaired) electrons. The minimum atomic E-state index is -0.0562. The number of thiocarbonyl (C=S) groups is 1. The van der Waals surface area contributed by atoms with Crippen molar-refractivity contribution in [3.63, 3.8) is 0 Å². The van der Waals surface area contributed by atoms with Crippen LogP contribution in [0.2, 0.25) is 0 Å². The van der Waals surface area contributed by atoms with Gasteiger partial charge in [-0.1, -0.05) is 36.5 Å². The zero-order valence-electron chi connectivity index (χ0n) is 21.2. The van der Waals surface area contributed by atoms with E-state index in [1.165, 1.54) is 50.3 Å². The smallest absolute Gasteiger partial charge is 0.266 e. The summed E-state index contributed by atoms with van der Waals surface area (Å²) in [5.41, 5.74) is 0.951. The number of carbonyl (C=O) groups is 2. The van der Waals surface area contributed by atoms with Crippen LogP contribution in [0.25, 0.3) is 6.08 Å². The molecule has 8 heteroatoms. The minimum Gasteiger partial charge on any atom is -0.493 e. The van der Waals surface area contributed by atoms with Crippen molar-refractivity contribution in [1.82, 2.24) is 10.2 Å². The van der Waals surface area contributed by atoms with Crippen molar-refractivity contribution >= 4 is 46.2 Å². The number of rotatable bonds is 10. The van der Waals surface area contributed by atoms with Crippen molar-refractivity contribution in [3.8, 4) is 11.5 Å². The number of benzene rings is 1. The van der Waals surface area contributed by atoms with Gasteiger partial charge in [0.2, 0.25) is 5.91 Å². The number of hydrogen-bond acceptors (Lipinski definition) is 6. The molecule has 1 saturated heterocycles. The molecule has 1 N–H and O–H groups in total. The molecule has 4 aliphatic carbocycles. The maximum atomic E-state index is 13.0. The van der Waals surface area contributed by atoms with E-state index in [0.29, 0.717) is 33.7 Å². The molecule has 1 aromatic carbocycles. The van der Waals surface area contributed by atoms with Crippen LogP contribution < -0.4 is 14.8 Å². The number of ether oxygens (including phenoxy) is 2. The number of amides is 2. The molecule has 194 valence electrons. The van der Waals surface area contributed by atoms with Crippen molar-refractivity contribution in [2.75, 3.05) is 20.8 Å². The van der Waals surface area contributed by atoms with Crippen LogP contribution in [0.5, 0.6) is 11.5 Å². The molecule has 4 bridgehead atoms. The van der Waals surface area contributed by atoms with Gasteiger partial charge >= 0.3 is 0 Å². The van der Waals surface area contributed by atoms with Gasteiger partial charge in [0.15, 0.2) is 11.5 Å². The fraction of sp³-hybridized carbons (Fsp3) is 0.607. The first-order valence-electron chi connectivity index (χ1n) is 13.2. The number of unbranched alkanes of at least 4 members (excludes halogenated alkanes) is 2. The van der Waals surface area contributed by atoms with E-state index in [2.05, 4.69) is 5.32 Å². The Labute approximate surface area is 223 Å². The topological polar surface area (TPSA) is 67.9 Å². The molecular weight excluding hydrogens is 492 g/mol. The van der Waals surface area contributed by atoms with Gasteiger partial charge in [0.25, 0.3) is 5.91 Å². The normalized spacial score (nSPS) is 29.8. The van der Waals surface area contributed by atoms with Crippen LogP contribution in [-0.4, -0.2) is 47.3 Å². The quantitative estimate of drug-likeness (QED) is 0.244. The van der Waals surface area contributed by atoms with Gasteiger partial charge in [-0.3, -0.25) is 14.5 Å². The summed E-state index contributed by atoms with van der Waals surface area (Å²) in [6.45, 7) is 0.588. The Morgan fingerprint density at radius 2 is 1.75 bits per heavy atom. The molecule has 6 nitrogen and oxygen atoms in total. The van der Waals surface area contributed by atoms with Crippen LogP contribution in [0.4, 0.5) is 0 Å². The van der Waals surface area contributed by atoms with Crippen molar-refractivity contribution in [3.05, 3.63) is 28.7 Å². The molecule has 0 atom stereocenters. The SMILES string of the molecule is COc1ccc(/C=C2\SC(=S)N(CCCCCC(=O)NC34CC5CC(CC(C5)C3)C4)C2=O)cc1OC. The molecule has 6 rings (SSSR count). The zero-order valence-corrected chi connectivity index (χ0v) is 22.8. The van der Waals surface area contributed by atoms with Crippen LogP contribution in [0.3, 0.4) is 0 Å². The van der Waals surface area contributed by atoms with Crippen molar-refractivity contribution in [1.29, 1.82) is 0 Å². The molecule has 0 aromatic heterocycles. The van der Waals surface area contributed by atoms with E-state index in [-0.39, 0.29) is 17.4 Å². The highest BCUT2D eigenvalue weighted by atomic mass is 32.2. The lowest BCUT2D eigenvalue weighted by atomic mass is 9.53. The monoisotopic (exact) mass is 528 g/mol. The van der Waals surface area contributed by atoms with Crippen molar-refractivity contribution < 1.29 is 19.1 Å². The number of thioether (sulfide) groups is 1. The van der Waals surface area contributed by atoms with Gasteiger partial charge in [-0.15, -0.1) is 0 Å². The summed E-state index contributed by atoms with van der Waals surface area (Å²) in [6.07, 6.45) is 12.7. The summed E-state index contributed by atoms with van der Waals surface area (Å²) in [4.78, 5) is 28.0. The third-order valence-corrected chi connectivity index (χ3v) is 9.69. The number of carbonyl (C=O) groups excluding carboxylic acids is 2. The summed E-state index contributed by atoms with van der Waals surface area (Å²) < 4.78 is 11.2. The largest absolute Gasteiger partial charge is 0.493 e. The summed E-state index contributed by atoms with van der Waals surface area (Å²) in [6, 6.07) is 5.56. The van der Waals surface area contributed by atoms with Crippen LogP contribution in [0, 0.1) is 17.8 Å². The van der Waals surface area contributed by atoms with Crippen molar-refractivity contribution in [2.45, 2.75) is 69.7 Å². The van der Waals surface area contributed by atoms with Gasteiger partial charge < -0.3 is 14.8 Å². The van der Waals surface area contributed by atoms with E-state index in [0.717, 1.165) is 42.6 Å². The van der Waals surface area contributed by atoms with E-state index >= 15 is 0 Å². The van der Waals surface area contributed by atoms with Crippen LogP contribution in [0.15, 0.2) is 23.1 Å². The second-order valence-electron chi connectivity index (χ2n) is 11.0. The van der Waals surface area contributed by atoms with Crippen molar-refractivity contribution in [2.24, 2.45) is 17.8 Å². The third-order valence-electron chi connectivity index (χ3n) is 8.31. The average molecular weight is 529 g/mol. The second kappa shape index (κ2) is 10.7. The van der Waals surface area contributed by atoms with Gasteiger partial charge in [-0.05, 0) is 92.9 Å². The van der Waals surface area contributed by atoms with E-state index < -0.39 is 0 Å². The molecule has 5 fully saturated rings. The highest BCUT2D eigenvalue weighted by Crippen LogP contribution is 2.55. The van der Waals surface area contributed by atoms with E-state index in [4.69, 9.17) is 21.7 Å². The molecule has 1 heterocycles. The molecule has 0 spiro atoms. The highest BCUT2D eigenvalue weighted by molar-refractivity contribution is 8.26. The van der Waals surface area contributed by atoms with Gasteiger partial charge in [-0.2, -0.15) is 0 Å². The highest BCUT2D eigenvalue weighted by Gasteiger charge is 2.51. The predicted molar refractivity (Wildman–Crippen MR) is 147 cm³/mol. The molecule has 1 aromatic rings. The van der Waals surface area contributed by atoms with Gasteiger partial charge in [-0.25, -0.2) is 0 Å². The first-order valence-corrected chi connectivity index (χ1v) is 14.4. The Morgan fingerprint density at radius 3 is 2.39 bits per heavy atom. The lowest BCUT2D eigenvalue weighted by Crippen LogP contribution is -2.59. The second-order valence-corrected chi connectivity index (χ2v) is 12.7. The number of methoxy groups -OCH3 is 2. The summed E-state index contributed by atoms with van der Waals surface area (Å²) in [5, 5.41) is 3.46. The van der Waals surface area contributed by atoms with Crippen LogP contribution in [0.1, 0.15) is 69.8 Å². The zero-order chi connectivity index (χ0) is 25.3. The maximum Gasteiger partial charge on any atom is 0.266 e. The lowest BCUT2D eigenvalue weighted by molar-refractivity contribution is -0.127. The Morgan fingerprint density at radius 1 is 1.08 bits per heavy atom. The first-order chi connectivity index (χ1) is 17.4. The Balaban J connectivity index is 1.06. The number of nitrogens with one attached hydrogen (secondary N) is 1. The molecule has 0 unspecified atom stereocenters. The minimum absolute atomic E-state index is 0.0562. The number of nitrogens with zero attached hydrogens (tertiary/aromatic N) is 1. The summed E-state index contributed by atoms with van der Waals surface area (Å²) in [5.74, 6) is 3.92. The third kappa shape index (κ3) is 5.44. The van der Waals surface area contributed by atoms with E-state index in [9.17, 15) is 9.59 Å². The molecular formula is C28H36N2O4S2. The molecule has 1 aliphatic heterocycles. The molecule has 36 heavy (non-hydrogen) atoms. The van der Waals surface area contributed by atoms with Crippen LogP contribution >= 0.6 is 24.0 Å².